The standard InChI is InChI=1S/C20H29F3N6/c1-3-25-19(26-10-12-28(2)15-20(21,22)23)27-17-8-6-11-29(14-17)18-9-5-4-7-16(18)13-24/h4-5,7,9,17H,3,6,8,10-12,14-15H2,1-2H3,(H2,25,26,27). The van der Waals surface area contributed by atoms with Crippen LogP contribution < -0.4 is 15.5 Å². The average molecular weight is 410 g/mol. The Morgan fingerprint density at radius 2 is 2.14 bits per heavy atom. The molecule has 1 heterocycles. The first-order valence-corrected chi connectivity index (χ1v) is 9.86. The van der Waals surface area contributed by atoms with Gasteiger partial charge < -0.3 is 15.5 Å². The summed E-state index contributed by atoms with van der Waals surface area (Å²) in [5.41, 5.74) is 1.58. The average Bonchev–Trinajstić information content (AvgIpc) is 2.67. The minimum absolute atomic E-state index is 0.140. The lowest BCUT2D eigenvalue weighted by atomic mass is 10.0. The van der Waals surface area contributed by atoms with Gasteiger partial charge in [-0.3, -0.25) is 9.89 Å². The van der Waals surface area contributed by atoms with E-state index < -0.39 is 12.7 Å². The lowest BCUT2D eigenvalue weighted by Gasteiger charge is -2.35. The number of halogens is 3. The van der Waals surface area contributed by atoms with Crippen LogP contribution in [-0.4, -0.2) is 69.4 Å². The number of nitrogens with zero attached hydrogens (tertiary/aromatic N) is 4. The van der Waals surface area contributed by atoms with Crippen molar-refractivity contribution in [1.82, 2.24) is 15.5 Å². The van der Waals surface area contributed by atoms with Crippen molar-refractivity contribution in [2.75, 3.05) is 51.2 Å². The molecule has 0 radical (unpaired) electrons. The zero-order valence-corrected chi connectivity index (χ0v) is 17.0. The van der Waals surface area contributed by atoms with Crippen LogP contribution in [0.15, 0.2) is 29.3 Å². The molecule has 0 aromatic heterocycles. The van der Waals surface area contributed by atoms with Gasteiger partial charge in [-0.15, -0.1) is 0 Å². The number of piperidine rings is 1. The quantitative estimate of drug-likeness (QED) is 0.534. The van der Waals surface area contributed by atoms with Gasteiger partial charge in [-0.2, -0.15) is 18.4 Å². The van der Waals surface area contributed by atoms with Crippen molar-refractivity contribution in [2.24, 2.45) is 4.99 Å². The van der Waals surface area contributed by atoms with Crippen molar-refractivity contribution in [2.45, 2.75) is 32.0 Å². The minimum Gasteiger partial charge on any atom is -0.368 e. The number of rotatable bonds is 7. The molecule has 2 N–H and O–H groups in total. The van der Waals surface area contributed by atoms with Crippen LogP contribution in [0.5, 0.6) is 0 Å². The van der Waals surface area contributed by atoms with E-state index in [1.54, 1.807) is 0 Å². The van der Waals surface area contributed by atoms with Crippen LogP contribution in [0.2, 0.25) is 0 Å². The molecule has 1 aromatic carbocycles. The second-order valence-electron chi connectivity index (χ2n) is 7.17. The lowest BCUT2D eigenvalue weighted by molar-refractivity contribution is -0.142. The highest BCUT2D eigenvalue weighted by Crippen LogP contribution is 2.23. The number of nitrogens with one attached hydrogen (secondary N) is 2. The fourth-order valence-corrected chi connectivity index (χ4v) is 3.39. The topological polar surface area (TPSA) is 66.7 Å². The van der Waals surface area contributed by atoms with Gasteiger partial charge in [-0.25, -0.2) is 0 Å². The number of guanidine groups is 1. The maximum atomic E-state index is 12.4. The highest BCUT2D eigenvalue weighted by molar-refractivity contribution is 5.80. The van der Waals surface area contributed by atoms with Gasteiger partial charge in [0.1, 0.15) is 6.07 Å². The third kappa shape index (κ3) is 7.81. The van der Waals surface area contributed by atoms with Gasteiger partial charge in [0.15, 0.2) is 5.96 Å². The van der Waals surface area contributed by atoms with Gasteiger partial charge in [-0.1, -0.05) is 12.1 Å². The fourth-order valence-electron chi connectivity index (χ4n) is 3.39. The SMILES string of the molecule is CCNC(=NCCN(C)CC(F)(F)F)NC1CCCN(c2ccccc2C#N)C1. The van der Waals surface area contributed by atoms with Crippen molar-refractivity contribution < 1.29 is 13.2 Å². The number of hydrogen-bond donors (Lipinski definition) is 2. The second-order valence-corrected chi connectivity index (χ2v) is 7.17. The molecule has 29 heavy (non-hydrogen) atoms. The summed E-state index contributed by atoms with van der Waals surface area (Å²) in [7, 11) is 1.44. The van der Waals surface area contributed by atoms with Crippen LogP contribution in [0.25, 0.3) is 0 Å². The van der Waals surface area contributed by atoms with E-state index in [-0.39, 0.29) is 19.1 Å². The van der Waals surface area contributed by atoms with E-state index in [0.29, 0.717) is 18.1 Å². The van der Waals surface area contributed by atoms with E-state index in [0.717, 1.165) is 31.6 Å². The lowest BCUT2D eigenvalue weighted by Crippen LogP contribution is -2.51. The molecule has 0 spiro atoms. The number of anilines is 1. The zero-order chi connectivity index (χ0) is 21.3. The van der Waals surface area contributed by atoms with Crippen LogP contribution in [0.1, 0.15) is 25.3 Å². The predicted molar refractivity (Wildman–Crippen MR) is 109 cm³/mol. The smallest absolute Gasteiger partial charge is 0.368 e. The van der Waals surface area contributed by atoms with Gasteiger partial charge in [0, 0.05) is 32.2 Å². The number of nitriles is 1. The predicted octanol–water partition coefficient (Wildman–Crippen LogP) is 2.58. The van der Waals surface area contributed by atoms with Crippen LogP contribution >= 0.6 is 0 Å². The number of para-hydroxylation sites is 1. The minimum atomic E-state index is -4.20. The van der Waals surface area contributed by atoms with E-state index in [1.807, 2.05) is 31.2 Å². The zero-order valence-electron chi connectivity index (χ0n) is 17.0. The van der Waals surface area contributed by atoms with Gasteiger partial charge in [0.25, 0.3) is 0 Å². The molecule has 1 saturated heterocycles. The van der Waals surface area contributed by atoms with Gasteiger partial charge in [-0.05, 0) is 38.9 Å². The molecule has 1 aromatic rings. The summed E-state index contributed by atoms with van der Waals surface area (Å²) in [6.45, 7) is 3.78. The Hall–Kier alpha value is -2.47. The molecule has 1 aliphatic rings. The molecular formula is C20H29F3N6. The highest BCUT2D eigenvalue weighted by atomic mass is 19.4. The first-order chi connectivity index (χ1) is 13.8. The van der Waals surface area contributed by atoms with Crippen LogP contribution in [0.4, 0.5) is 18.9 Å². The fraction of sp³-hybridized carbons (Fsp3) is 0.600. The highest BCUT2D eigenvalue weighted by Gasteiger charge is 2.29. The molecule has 0 aliphatic carbocycles. The largest absolute Gasteiger partial charge is 0.401 e. The third-order valence-corrected chi connectivity index (χ3v) is 4.67. The van der Waals surface area contributed by atoms with E-state index in [9.17, 15) is 18.4 Å². The van der Waals surface area contributed by atoms with Gasteiger partial charge >= 0.3 is 6.18 Å². The summed E-state index contributed by atoms with van der Waals surface area (Å²) in [5, 5.41) is 15.9. The van der Waals surface area contributed by atoms with E-state index >= 15 is 0 Å². The van der Waals surface area contributed by atoms with Crippen LogP contribution in [0, 0.1) is 11.3 Å². The number of hydrogen-bond acceptors (Lipinski definition) is 4. The molecule has 0 bridgehead atoms. The van der Waals surface area contributed by atoms with Gasteiger partial charge in [0.2, 0.25) is 0 Å². The van der Waals surface area contributed by atoms with Crippen molar-refractivity contribution >= 4 is 11.6 Å². The summed E-state index contributed by atoms with van der Waals surface area (Å²) < 4.78 is 37.3. The van der Waals surface area contributed by atoms with E-state index in [2.05, 4.69) is 26.6 Å². The molecule has 1 unspecified atom stereocenters. The molecule has 0 amide bonds. The molecule has 9 heteroatoms. The molecule has 1 fully saturated rings. The molecular weight excluding hydrogens is 381 g/mol. The summed E-state index contributed by atoms with van der Waals surface area (Å²) in [6, 6.07) is 9.93. The molecule has 6 nitrogen and oxygen atoms in total. The molecule has 1 atom stereocenters. The first kappa shape index (κ1) is 22.8. The maximum absolute atomic E-state index is 12.4. The van der Waals surface area contributed by atoms with Crippen molar-refractivity contribution in [3.63, 3.8) is 0 Å². The first-order valence-electron chi connectivity index (χ1n) is 9.86. The summed E-state index contributed by atoms with van der Waals surface area (Å²) in [6.07, 6.45) is -2.26. The van der Waals surface area contributed by atoms with Crippen molar-refractivity contribution in [3.8, 4) is 6.07 Å². The maximum Gasteiger partial charge on any atom is 0.401 e. The van der Waals surface area contributed by atoms with Crippen molar-refractivity contribution in [3.05, 3.63) is 29.8 Å². The number of alkyl halides is 3. The van der Waals surface area contributed by atoms with E-state index in [4.69, 9.17) is 0 Å². The molecule has 2 rings (SSSR count). The molecule has 1 aliphatic heterocycles. The van der Waals surface area contributed by atoms with E-state index in [1.165, 1.54) is 11.9 Å². The Labute approximate surface area is 170 Å². The summed E-state index contributed by atoms with van der Waals surface area (Å²) >= 11 is 0. The second kappa shape index (κ2) is 10.9. The summed E-state index contributed by atoms with van der Waals surface area (Å²) in [5.74, 6) is 0.605. The number of likely N-dealkylation sites (N-methyl/N-ethyl adjacent to an activating group) is 1. The number of benzene rings is 1. The molecule has 160 valence electrons. The Kier molecular flexibility index (Phi) is 8.58. The monoisotopic (exact) mass is 410 g/mol. The Morgan fingerprint density at radius 1 is 1.38 bits per heavy atom. The Bertz CT molecular complexity index is 713. The summed E-state index contributed by atoms with van der Waals surface area (Å²) in [4.78, 5) is 7.83. The van der Waals surface area contributed by atoms with Crippen molar-refractivity contribution in [1.29, 1.82) is 5.26 Å². The van der Waals surface area contributed by atoms with Gasteiger partial charge in [0.05, 0.1) is 24.3 Å². The van der Waals surface area contributed by atoms with Crippen LogP contribution in [-0.2, 0) is 0 Å². The third-order valence-electron chi connectivity index (χ3n) is 4.67. The molecule has 0 saturated carbocycles. The number of aliphatic imine (C=N–C) groups is 1. The Morgan fingerprint density at radius 3 is 2.83 bits per heavy atom. The Balaban J connectivity index is 1.94. The normalized spacial score (nSPS) is 17.9. The van der Waals surface area contributed by atoms with Crippen LogP contribution in [0.3, 0.4) is 0 Å².